The monoisotopic (exact) mass is 280 g/mol. The van der Waals surface area contributed by atoms with Crippen LogP contribution >= 0.6 is 0 Å². The van der Waals surface area contributed by atoms with Gasteiger partial charge in [0, 0.05) is 11.8 Å². The number of ether oxygens (including phenoxy) is 1. The highest BCUT2D eigenvalue weighted by molar-refractivity contribution is 5.80. The lowest BCUT2D eigenvalue weighted by molar-refractivity contribution is -0.144. The average Bonchev–Trinajstić information content (AvgIpc) is 3.24. The smallest absolute Gasteiger partial charge is 0.310 e. The Bertz CT molecular complexity index is 633. The van der Waals surface area contributed by atoms with E-state index in [1.165, 1.54) is 16.7 Å². The van der Waals surface area contributed by atoms with E-state index >= 15 is 0 Å². The van der Waals surface area contributed by atoms with Crippen LogP contribution in [0, 0.1) is 12.8 Å². The zero-order valence-electron chi connectivity index (χ0n) is 12.5. The average molecular weight is 280 g/mol. The van der Waals surface area contributed by atoms with Crippen molar-refractivity contribution < 1.29 is 9.53 Å². The third-order valence-corrected chi connectivity index (χ3v) is 4.19. The van der Waals surface area contributed by atoms with Crippen molar-refractivity contribution in [3.8, 4) is 0 Å². The maximum absolute atomic E-state index is 12.2. The van der Waals surface area contributed by atoms with Crippen LogP contribution in [0.25, 0.3) is 0 Å². The summed E-state index contributed by atoms with van der Waals surface area (Å²) in [5, 5.41) is 0. The molecule has 0 N–H and O–H groups in total. The molecule has 1 aliphatic carbocycles. The molecule has 0 saturated heterocycles. The van der Waals surface area contributed by atoms with E-state index in [2.05, 4.69) is 43.3 Å². The molecule has 2 aromatic carbocycles. The first-order valence-corrected chi connectivity index (χ1v) is 7.50. The summed E-state index contributed by atoms with van der Waals surface area (Å²) >= 11 is 0. The molecule has 0 heterocycles. The first-order valence-electron chi connectivity index (χ1n) is 7.50. The summed E-state index contributed by atoms with van der Waals surface area (Å²) < 4.78 is 5.26. The SMILES string of the molecule is CCOC(=O)C1[C@@H](c2ccccc2)[C@@H]1c1cccc(C)c1. The molecule has 1 unspecified atom stereocenters. The van der Waals surface area contributed by atoms with Gasteiger partial charge in [-0.15, -0.1) is 0 Å². The summed E-state index contributed by atoms with van der Waals surface area (Å²) in [6.45, 7) is 4.39. The Labute approximate surface area is 125 Å². The molecule has 21 heavy (non-hydrogen) atoms. The van der Waals surface area contributed by atoms with Gasteiger partial charge < -0.3 is 4.74 Å². The van der Waals surface area contributed by atoms with Crippen LogP contribution in [0.15, 0.2) is 54.6 Å². The minimum atomic E-state index is -0.0714. The Balaban J connectivity index is 1.92. The third-order valence-electron chi connectivity index (χ3n) is 4.19. The van der Waals surface area contributed by atoms with Crippen molar-refractivity contribution in [3.05, 3.63) is 71.3 Å². The summed E-state index contributed by atoms with van der Waals surface area (Å²) in [4.78, 5) is 12.2. The standard InChI is InChI=1S/C19H20O2/c1-3-21-19(20)18-16(14-9-5-4-6-10-14)17(18)15-11-7-8-13(2)12-15/h4-12,16-18H,3H2,1-2H3/t16-,17-,18?/m0/s1. The molecule has 3 rings (SSSR count). The minimum absolute atomic E-state index is 0.0471. The van der Waals surface area contributed by atoms with E-state index in [0.717, 1.165) is 0 Å². The largest absolute Gasteiger partial charge is 0.466 e. The number of benzene rings is 2. The molecular weight excluding hydrogens is 260 g/mol. The van der Waals surface area contributed by atoms with E-state index in [-0.39, 0.29) is 23.7 Å². The van der Waals surface area contributed by atoms with Gasteiger partial charge in [0.05, 0.1) is 12.5 Å². The Morgan fingerprint density at radius 1 is 1.00 bits per heavy atom. The zero-order valence-corrected chi connectivity index (χ0v) is 12.5. The van der Waals surface area contributed by atoms with Gasteiger partial charge in [0.15, 0.2) is 0 Å². The Kier molecular flexibility index (Phi) is 3.78. The van der Waals surface area contributed by atoms with Gasteiger partial charge in [-0.1, -0.05) is 60.2 Å². The van der Waals surface area contributed by atoms with Crippen LogP contribution in [0.5, 0.6) is 0 Å². The molecule has 0 aliphatic heterocycles. The normalized spacial score (nSPS) is 23.6. The lowest BCUT2D eigenvalue weighted by Crippen LogP contribution is -2.08. The van der Waals surface area contributed by atoms with Crippen LogP contribution < -0.4 is 0 Å². The van der Waals surface area contributed by atoms with Gasteiger partial charge in [-0.3, -0.25) is 4.79 Å². The fraction of sp³-hybridized carbons (Fsp3) is 0.316. The summed E-state index contributed by atoms with van der Waals surface area (Å²) in [5.74, 6) is 0.366. The molecule has 1 aliphatic rings. The van der Waals surface area contributed by atoms with Gasteiger partial charge in [0.1, 0.15) is 0 Å². The molecule has 0 bridgehead atoms. The zero-order chi connectivity index (χ0) is 14.8. The molecular formula is C19H20O2. The van der Waals surface area contributed by atoms with Crippen LogP contribution in [-0.2, 0) is 9.53 Å². The molecule has 2 aromatic rings. The molecule has 1 saturated carbocycles. The molecule has 0 radical (unpaired) electrons. The Morgan fingerprint density at radius 3 is 2.33 bits per heavy atom. The number of hydrogen-bond donors (Lipinski definition) is 0. The number of esters is 1. The summed E-state index contributed by atoms with van der Waals surface area (Å²) in [6, 6.07) is 18.7. The highest BCUT2D eigenvalue weighted by Gasteiger charge is 2.56. The highest BCUT2D eigenvalue weighted by Crippen LogP contribution is 2.60. The molecule has 108 valence electrons. The van der Waals surface area contributed by atoms with Crippen LogP contribution in [0.1, 0.15) is 35.4 Å². The Hall–Kier alpha value is -2.09. The number of carbonyl (C=O) groups excluding carboxylic acids is 1. The van der Waals surface area contributed by atoms with Crippen molar-refractivity contribution in [1.82, 2.24) is 0 Å². The second-order valence-corrected chi connectivity index (χ2v) is 5.65. The molecule has 0 aromatic heterocycles. The van der Waals surface area contributed by atoms with Gasteiger partial charge in [-0.25, -0.2) is 0 Å². The summed E-state index contributed by atoms with van der Waals surface area (Å²) in [6.07, 6.45) is 0. The van der Waals surface area contributed by atoms with Gasteiger partial charge in [0.25, 0.3) is 0 Å². The first kappa shape index (κ1) is 13.9. The van der Waals surface area contributed by atoms with Crippen LogP contribution in [0.4, 0.5) is 0 Å². The van der Waals surface area contributed by atoms with E-state index in [1.807, 2.05) is 25.1 Å². The molecule has 0 spiro atoms. The minimum Gasteiger partial charge on any atom is -0.466 e. The van der Waals surface area contributed by atoms with Crippen molar-refractivity contribution in [2.75, 3.05) is 6.61 Å². The molecule has 1 fully saturated rings. The van der Waals surface area contributed by atoms with Crippen molar-refractivity contribution >= 4 is 5.97 Å². The van der Waals surface area contributed by atoms with E-state index in [9.17, 15) is 4.79 Å². The van der Waals surface area contributed by atoms with Crippen LogP contribution in [0.3, 0.4) is 0 Å². The number of aryl methyl sites for hydroxylation is 1. The lowest BCUT2D eigenvalue weighted by Gasteiger charge is -2.02. The molecule has 2 heteroatoms. The van der Waals surface area contributed by atoms with E-state index in [0.29, 0.717) is 6.61 Å². The van der Waals surface area contributed by atoms with Gasteiger partial charge in [-0.2, -0.15) is 0 Å². The highest BCUT2D eigenvalue weighted by atomic mass is 16.5. The maximum Gasteiger partial charge on any atom is 0.310 e. The van der Waals surface area contributed by atoms with Crippen molar-refractivity contribution in [2.45, 2.75) is 25.7 Å². The molecule has 0 amide bonds. The number of carbonyl (C=O) groups is 1. The van der Waals surface area contributed by atoms with E-state index in [1.54, 1.807) is 0 Å². The van der Waals surface area contributed by atoms with E-state index < -0.39 is 0 Å². The Morgan fingerprint density at radius 2 is 1.67 bits per heavy atom. The van der Waals surface area contributed by atoms with Crippen molar-refractivity contribution in [1.29, 1.82) is 0 Å². The summed E-state index contributed by atoms with van der Waals surface area (Å²) in [5.41, 5.74) is 3.69. The maximum atomic E-state index is 12.2. The molecule has 3 atom stereocenters. The fourth-order valence-corrected chi connectivity index (χ4v) is 3.22. The summed E-state index contributed by atoms with van der Waals surface area (Å²) in [7, 11) is 0. The number of rotatable bonds is 4. The van der Waals surface area contributed by atoms with Crippen LogP contribution in [-0.4, -0.2) is 12.6 Å². The quantitative estimate of drug-likeness (QED) is 0.790. The van der Waals surface area contributed by atoms with Gasteiger partial charge in [0.2, 0.25) is 0 Å². The van der Waals surface area contributed by atoms with Crippen LogP contribution in [0.2, 0.25) is 0 Å². The fourth-order valence-electron chi connectivity index (χ4n) is 3.22. The topological polar surface area (TPSA) is 26.3 Å². The predicted octanol–water partition coefficient (Wildman–Crippen LogP) is 4.06. The first-order chi connectivity index (χ1) is 10.2. The predicted molar refractivity (Wildman–Crippen MR) is 83.2 cm³/mol. The second-order valence-electron chi connectivity index (χ2n) is 5.65. The second kappa shape index (κ2) is 5.72. The van der Waals surface area contributed by atoms with Gasteiger partial charge in [-0.05, 0) is 25.0 Å². The van der Waals surface area contributed by atoms with Crippen molar-refractivity contribution in [2.24, 2.45) is 5.92 Å². The van der Waals surface area contributed by atoms with E-state index in [4.69, 9.17) is 4.74 Å². The van der Waals surface area contributed by atoms with Gasteiger partial charge >= 0.3 is 5.97 Å². The molecule has 2 nitrogen and oxygen atoms in total. The lowest BCUT2D eigenvalue weighted by atomic mass is 10.0. The van der Waals surface area contributed by atoms with Crippen molar-refractivity contribution in [3.63, 3.8) is 0 Å². The number of hydrogen-bond acceptors (Lipinski definition) is 2. The third kappa shape index (κ3) is 2.71.